The summed E-state index contributed by atoms with van der Waals surface area (Å²) < 4.78 is 0. The minimum atomic E-state index is -0.175. The molecule has 1 N–H and O–H groups in total. The highest BCUT2D eigenvalue weighted by Gasteiger charge is 2.14. The molecule has 3 nitrogen and oxygen atoms in total. The van der Waals surface area contributed by atoms with E-state index in [0.29, 0.717) is 12.8 Å². The Morgan fingerprint density at radius 1 is 1.33 bits per heavy atom. The smallest absolute Gasteiger partial charge is 0.220 e. The molecule has 0 bridgehead atoms. The van der Waals surface area contributed by atoms with Crippen LogP contribution in [0.15, 0.2) is 29.6 Å². The van der Waals surface area contributed by atoms with E-state index in [4.69, 9.17) is 0 Å². The summed E-state index contributed by atoms with van der Waals surface area (Å²) in [5.74, 6) is 0.0765. The second-order valence-corrected chi connectivity index (χ2v) is 7.17. The number of nitrogens with one attached hydrogen (secondary N) is 1. The number of hydrogen-bond acceptors (Lipinski definition) is 3. The molecule has 0 radical (unpaired) electrons. The van der Waals surface area contributed by atoms with Crippen LogP contribution >= 0.6 is 11.3 Å². The van der Waals surface area contributed by atoms with Gasteiger partial charge in [0, 0.05) is 22.9 Å². The Hall–Kier alpha value is -1.68. The highest BCUT2D eigenvalue weighted by Crippen LogP contribution is 2.24. The molecule has 0 aliphatic heterocycles. The quantitative estimate of drug-likeness (QED) is 0.928. The Morgan fingerprint density at radius 3 is 2.76 bits per heavy atom. The van der Waals surface area contributed by atoms with Crippen molar-refractivity contribution in [2.75, 3.05) is 0 Å². The number of nitrogens with zero attached hydrogens (tertiary/aromatic N) is 1. The van der Waals surface area contributed by atoms with Gasteiger partial charge in [-0.3, -0.25) is 4.79 Å². The van der Waals surface area contributed by atoms with Gasteiger partial charge in [-0.2, -0.15) is 0 Å². The van der Waals surface area contributed by atoms with E-state index >= 15 is 0 Å². The summed E-state index contributed by atoms with van der Waals surface area (Å²) in [6.07, 6.45) is 1.17. The zero-order valence-electron chi connectivity index (χ0n) is 13.1. The summed E-state index contributed by atoms with van der Waals surface area (Å²) in [6, 6.07) is 8.33. The third-order valence-corrected chi connectivity index (χ3v) is 3.88. The van der Waals surface area contributed by atoms with Gasteiger partial charge in [-0.1, -0.05) is 23.8 Å². The fraction of sp³-hybridized carbons (Fsp3) is 0.412. The maximum absolute atomic E-state index is 11.8. The molecule has 0 fully saturated rings. The van der Waals surface area contributed by atoms with E-state index in [0.717, 1.165) is 16.3 Å². The largest absolute Gasteiger partial charge is 0.351 e. The molecule has 0 spiro atoms. The fourth-order valence-electron chi connectivity index (χ4n) is 2.05. The van der Waals surface area contributed by atoms with Crippen LogP contribution in [-0.4, -0.2) is 16.4 Å². The number of thiazole rings is 1. The first-order valence-electron chi connectivity index (χ1n) is 7.16. The number of carbonyl (C=O) groups excluding carboxylic acids is 1. The highest BCUT2D eigenvalue weighted by molar-refractivity contribution is 7.13. The van der Waals surface area contributed by atoms with Gasteiger partial charge in [-0.15, -0.1) is 11.3 Å². The van der Waals surface area contributed by atoms with Crippen LogP contribution in [0.1, 0.15) is 38.4 Å². The van der Waals surface area contributed by atoms with E-state index in [1.807, 2.05) is 32.2 Å². The van der Waals surface area contributed by atoms with Gasteiger partial charge in [-0.25, -0.2) is 4.98 Å². The Labute approximate surface area is 130 Å². The summed E-state index contributed by atoms with van der Waals surface area (Å²) in [7, 11) is 0. The van der Waals surface area contributed by atoms with Crippen LogP contribution in [0.2, 0.25) is 0 Å². The molecule has 0 atom stereocenters. The third kappa shape index (κ3) is 4.97. The predicted molar refractivity (Wildman–Crippen MR) is 88.5 cm³/mol. The molecule has 4 heteroatoms. The molecule has 112 valence electrons. The van der Waals surface area contributed by atoms with Gasteiger partial charge >= 0.3 is 0 Å². The molecule has 0 unspecified atom stereocenters. The topological polar surface area (TPSA) is 42.0 Å². The molecule has 1 aromatic heterocycles. The first kappa shape index (κ1) is 15.7. The van der Waals surface area contributed by atoms with E-state index in [1.54, 1.807) is 11.3 Å². The third-order valence-electron chi connectivity index (χ3n) is 2.94. The molecule has 1 aromatic carbocycles. The summed E-state index contributed by atoms with van der Waals surface area (Å²) >= 11 is 1.63. The van der Waals surface area contributed by atoms with Crippen molar-refractivity contribution in [2.24, 2.45) is 0 Å². The average Bonchev–Trinajstić information content (AvgIpc) is 2.83. The number of aryl methyl sites for hydroxylation is 2. The molecule has 1 amide bonds. The predicted octanol–water partition coefficient (Wildman–Crippen LogP) is 3.97. The summed E-state index contributed by atoms with van der Waals surface area (Å²) in [4.78, 5) is 16.4. The summed E-state index contributed by atoms with van der Waals surface area (Å²) in [5, 5.41) is 6.03. The first-order chi connectivity index (χ1) is 9.83. The van der Waals surface area contributed by atoms with Gasteiger partial charge in [0.15, 0.2) is 0 Å². The van der Waals surface area contributed by atoms with Gasteiger partial charge in [0.1, 0.15) is 5.01 Å². The second-order valence-electron chi connectivity index (χ2n) is 6.31. The maximum atomic E-state index is 11.8. The van der Waals surface area contributed by atoms with Crippen molar-refractivity contribution in [2.45, 2.75) is 46.1 Å². The maximum Gasteiger partial charge on any atom is 0.220 e. The molecule has 0 saturated heterocycles. The van der Waals surface area contributed by atoms with Crippen molar-refractivity contribution < 1.29 is 4.79 Å². The van der Waals surface area contributed by atoms with E-state index in [2.05, 4.69) is 35.4 Å². The van der Waals surface area contributed by atoms with Crippen LogP contribution in [0.3, 0.4) is 0 Å². The Morgan fingerprint density at radius 2 is 2.10 bits per heavy atom. The van der Waals surface area contributed by atoms with Crippen molar-refractivity contribution in [3.05, 3.63) is 40.9 Å². The van der Waals surface area contributed by atoms with Crippen molar-refractivity contribution in [1.29, 1.82) is 0 Å². The number of amides is 1. The van der Waals surface area contributed by atoms with E-state index in [9.17, 15) is 4.79 Å². The molecular weight excluding hydrogens is 280 g/mol. The number of benzene rings is 1. The number of aromatic nitrogens is 1. The number of rotatable bonds is 4. The van der Waals surface area contributed by atoms with Gasteiger partial charge in [-0.05, 0) is 40.2 Å². The lowest BCUT2D eigenvalue weighted by molar-refractivity contribution is -0.122. The molecule has 0 saturated carbocycles. The van der Waals surface area contributed by atoms with Gasteiger partial charge in [0.05, 0.1) is 5.69 Å². The molecule has 21 heavy (non-hydrogen) atoms. The molecule has 0 aliphatic carbocycles. The highest BCUT2D eigenvalue weighted by atomic mass is 32.1. The van der Waals surface area contributed by atoms with Crippen molar-refractivity contribution in [1.82, 2.24) is 10.3 Å². The molecule has 2 rings (SSSR count). The first-order valence-corrected chi connectivity index (χ1v) is 8.04. The van der Waals surface area contributed by atoms with Crippen LogP contribution in [0, 0.1) is 6.92 Å². The summed E-state index contributed by atoms with van der Waals surface area (Å²) in [5.41, 5.74) is 3.19. The zero-order chi connectivity index (χ0) is 15.5. The van der Waals surface area contributed by atoms with Crippen LogP contribution in [-0.2, 0) is 11.2 Å². The lowest BCUT2D eigenvalue weighted by Crippen LogP contribution is -2.40. The van der Waals surface area contributed by atoms with Gasteiger partial charge in [0.2, 0.25) is 5.91 Å². The molecule has 2 aromatic rings. The zero-order valence-corrected chi connectivity index (χ0v) is 13.9. The van der Waals surface area contributed by atoms with E-state index in [-0.39, 0.29) is 11.4 Å². The minimum Gasteiger partial charge on any atom is -0.351 e. The van der Waals surface area contributed by atoms with Crippen LogP contribution in [0.5, 0.6) is 0 Å². The second kappa shape index (κ2) is 6.39. The van der Waals surface area contributed by atoms with Gasteiger partial charge in [0.25, 0.3) is 0 Å². The Balaban J connectivity index is 1.96. The molecule has 1 heterocycles. The lowest BCUT2D eigenvalue weighted by Gasteiger charge is -2.20. The number of hydrogen-bond donors (Lipinski definition) is 1. The van der Waals surface area contributed by atoms with Crippen LogP contribution in [0.4, 0.5) is 0 Å². The number of carbonyl (C=O) groups is 1. The Kier molecular flexibility index (Phi) is 4.78. The molecular formula is C17H22N2OS. The monoisotopic (exact) mass is 302 g/mol. The van der Waals surface area contributed by atoms with Crippen molar-refractivity contribution in [3.8, 4) is 10.6 Å². The average molecular weight is 302 g/mol. The SMILES string of the molecule is Cc1cccc(-c2nc(CCC(=O)NC(C)(C)C)cs2)c1. The van der Waals surface area contributed by atoms with E-state index < -0.39 is 0 Å². The van der Waals surface area contributed by atoms with Crippen LogP contribution in [0.25, 0.3) is 10.6 Å². The molecule has 0 aliphatic rings. The fourth-order valence-corrected chi connectivity index (χ4v) is 2.91. The van der Waals surface area contributed by atoms with Gasteiger partial charge < -0.3 is 5.32 Å². The van der Waals surface area contributed by atoms with Crippen LogP contribution < -0.4 is 5.32 Å². The lowest BCUT2D eigenvalue weighted by atomic mass is 10.1. The standard InChI is InChI=1S/C17H22N2OS/c1-12-6-5-7-13(10-12)16-18-14(11-21-16)8-9-15(20)19-17(2,3)4/h5-7,10-11H,8-9H2,1-4H3,(H,19,20). The summed E-state index contributed by atoms with van der Waals surface area (Å²) in [6.45, 7) is 8.05. The van der Waals surface area contributed by atoms with Crippen molar-refractivity contribution in [3.63, 3.8) is 0 Å². The normalized spacial score (nSPS) is 11.4. The minimum absolute atomic E-state index is 0.0765. The van der Waals surface area contributed by atoms with E-state index in [1.165, 1.54) is 5.56 Å². The Bertz CT molecular complexity index is 626. The van der Waals surface area contributed by atoms with Crippen molar-refractivity contribution >= 4 is 17.2 Å².